The Morgan fingerprint density at radius 2 is 1.62 bits per heavy atom. The van der Waals surface area contributed by atoms with Gasteiger partial charge in [0.2, 0.25) is 0 Å². The van der Waals surface area contributed by atoms with E-state index in [1.807, 2.05) is 12.1 Å². The molecule has 4 heteroatoms. The van der Waals surface area contributed by atoms with Crippen LogP contribution in [-0.4, -0.2) is 6.61 Å². The average Bonchev–Trinajstić information content (AvgIpc) is 2.62. The number of ether oxygens (including phenoxy) is 1. The van der Waals surface area contributed by atoms with Gasteiger partial charge in [-0.1, -0.05) is 31.9 Å². The predicted octanol–water partition coefficient (Wildman–Crippen LogP) is 6.58. The highest BCUT2D eigenvalue weighted by Gasteiger charge is 2.35. The van der Waals surface area contributed by atoms with Crippen molar-refractivity contribution >= 4 is 0 Å². The second kappa shape index (κ2) is 6.73. The minimum Gasteiger partial charge on any atom is -0.377 e. The van der Waals surface area contributed by atoms with Crippen LogP contribution in [0.25, 0.3) is 22.3 Å². The summed E-state index contributed by atoms with van der Waals surface area (Å²) >= 11 is 0. The number of rotatable bonds is 4. The largest absolute Gasteiger partial charge is 0.377 e. The Labute approximate surface area is 152 Å². The molecular formula is C22H23F3O. The lowest BCUT2D eigenvalue weighted by molar-refractivity contribution is 0.131. The molecule has 26 heavy (non-hydrogen) atoms. The van der Waals surface area contributed by atoms with Crippen molar-refractivity contribution in [3.63, 3.8) is 0 Å². The molecule has 2 aliphatic carbocycles. The highest BCUT2D eigenvalue weighted by atomic mass is 19.2. The van der Waals surface area contributed by atoms with Crippen LogP contribution in [-0.2, 0) is 11.3 Å². The van der Waals surface area contributed by atoms with Crippen molar-refractivity contribution in [3.8, 4) is 22.3 Å². The van der Waals surface area contributed by atoms with E-state index in [0.29, 0.717) is 29.2 Å². The summed E-state index contributed by atoms with van der Waals surface area (Å²) in [6.07, 6.45) is 4.07. The SMILES string of the molecule is CCOCc1cc2c(c(F)c1F)-c1c-2ccc(C2CCC(C)CC2)c1F. The van der Waals surface area contributed by atoms with E-state index in [9.17, 15) is 8.78 Å². The Hall–Kier alpha value is -1.81. The molecule has 0 saturated heterocycles. The van der Waals surface area contributed by atoms with Gasteiger partial charge in [0.25, 0.3) is 0 Å². The molecule has 1 saturated carbocycles. The van der Waals surface area contributed by atoms with Crippen LogP contribution >= 0.6 is 0 Å². The van der Waals surface area contributed by atoms with Gasteiger partial charge in [-0.25, -0.2) is 13.2 Å². The van der Waals surface area contributed by atoms with Gasteiger partial charge >= 0.3 is 0 Å². The standard InChI is InChI=1S/C22H23F3O/c1-3-26-11-14-10-17-16-9-8-15(13-6-4-12(2)5-7-13)21(24)18(16)19(17)22(25)20(14)23/h8-10,12-13H,3-7,11H2,1-2H3. The van der Waals surface area contributed by atoms with E-state index in [2.05, 4.69) is 6.92 Å². The normalized spacial score (nSPS) is 21.1. The molecule has 0 aliphatic heterocycles. The lowest BCUT2D eigenvalue weighted by atomic mass is 9.74. The highest BCUT2D eigenvalue weighted by Crippen LogP contribution is 2.53. The molecule has 2 aromatic carbocycles. The first-order chi connectivity index (χ1) is 12.5. The quantitative estimate of drug-likeness (QED) is 0.510. The van der Waals surface area contributed by atoms with Gasteiger partial charge in [-0.3, -0.25) is 0 Å². The zero-order chi connectivity index (χ0) is 18.4. The van der Waals surface area contributed by atoms with Crippen LogP contribution in [0.2, 0.25) is 0 Å². The molecular weight excluding hydrogens is 337 g/mol. The third-order valence-electron chi connectivity index (χ3n) is 5.91. The van der Waals surface area contributed by atoms with Gasteiger partial charge in [0.1, 0.15) is 5.82 Å². The van der Waals surface area contributed by atoms with Crippen LogP contribution in [0.4, 0.5) is 13.2 Å². The monoisotopic (exact) mass is 360 g/mol. The summed E-state index contributed by atoms with van der Waals surface area (Å²) in [5.41, 5.74) is 2.41. The van der Waals surface area contributed by atoms with E-state index < -0.39 is 11.6 Å². The summed E-state index contributed by atoms with van der Waals surface area (Å²) in [4.78, 5) is 0. The van der Waals surface area contributed by atoms with Crippen molar-refractivity contribution in [1.29, 1.82) is 0 Å². The Morgan fingerprint density at radius 3 is 2.31 bits per heavy atom. The molecule has 0 atom stereocenters. The molecule has 0 spiro atoms. The van der Waals surface area contributed by atoms with Crippen LogP contribution < -0.4 is 0 Å². The van der Waals surface area contributed by atoms with Crippen molar-refractivity contribution in [2.75, 3.05) is 6.61 Å². The maximum Gasteiger partial charge on any atom is 0.167 e. The zero-order valence-electron chi connectivity index (χ0n) is 15.2. The van der Waals surface area contributed by atoms with Crippen LogP contribution in [0.15, 0.2) is 18.2 Å². The van der Waals surface area contributed by atoms with Crippen LogP contribution in [0, 0.1) is 23.4 Å². The smallest absolute Gasteiger partial charge is 0.167 e. The van der Waals surface area contributed by atoms with Gasteiger partial charge in [-0.05, 0) is 54.4 Å². The molecule has 0 unspecified atom stereocenters. The van der Waals surface area contributed by atoms with E-state index in [1.54, 1.807) is 13.0 Å². The first-order valence-corrected chi connectivity index (χ1v) is 9.44. The van der Waals surface area contributed by atoms with E-state index in [0.717, 1.165) is 25.7 Å². The summed E-state index contributed by atoms with van der Waals surface area (Å²) in [6.45, 7) is 4.46. The van der Waals surface area contributed by atoms with Crippen molar-refractivity contribution < 1.29 is 17.9 Å². The number of fused-ring (bicyclic) bond motifs is 4. The fourth-order valence-corrected chi connectivity index (χ4v) is 4.34. The Morgan fingerprint density at radius 1 is 0.923 bits per heavy atom. The summed E-state index contributed by atoms with van der Waals surface area (Å²) in [5, 5.41) is 0. The minimum atomic E-state index is -0.960. The fourth-order valence-electron chi connectivity index (χ4n) is 4.34. The Bertz CT molecular complexity index is 851. The lowest BCUT2D eigenvalue weighted by Crippen LogP contribution is -2.15. The Kier molecular flexibility index (Phi) is 4.55. The van der Waals surface area contributed by atoms with Crippen molar-refractivity contribution in [2.45, 2.75) is 52.1 Å². The summed E-state index contributed by atoms with van der Waals surface area (Å²) in [7, 11) is 0. The topological polar surface area (TPSA) is 9.23 Å². The zero-order valence-corrected chi connectivity index (χ0v) is 15.2. The van der Waals surface area contributed by atoms with Gasteiger partial charge in [0, 0.05) is 23.3 Å². The van der Waals surface area contributed by atoms with Crippen molar-refractivity contribution in [2.24, 2.45) is 5.92 Å². The first kappa shape index (κ1) is 17.6. The third kappa shape index (κ3) is 2.66. The molecule has 0 heterocycles. The second-order valence-electron chi connectivity index (χ2n) is 7.57. The predicted molar refractivity (Wildman–Crippen MR) is 96.4 cm³/mol. The van der Waals surface area contributed by atoms with E-state index >= 15 is 4.39 Å². The molecule has 0 radical (unpaired) electrons. The van der Waals surface area contributed by atoms with Gasteiger partial charge < -0.3 is 4.74 Å². The molecule has 2 aliphatic rings. The summed E-state index contributed by atoms with van der Waals surface area (Å²) < 4.78 is 49.4. The number of halogens is 3. The van der Waals surface area contributed by atoms with Crippen LogP contribution in [0.3, 0.4) is 0 Å². The number of hydrogen-bond acceptors (Lipinski definition) is 1. The van der Waals surface area contributed by atoms with Gasteiger partial charge in [-0.2, -0.15) is 0 Å². The van der Waals surface area contributed by atoms with Crippen molar-refractivity contribution in [3.05, 3.63) is 46.8 Å². The first-order valence-electron chi connectivity index (χ1n) is 9.44. The highest BCUT2D eigenvalue weighted by molar-refractivity contribution is 6.03. The second-order valence-corrected chi connectivity index (χ2v) is 7.57. The van der Waals surface area contributed by atoms with Crippen LogP contribution in [0.5, 0.6) is 0 Å². The molecule has 1 nitrogen and oxygen atoms in total. The molecule has 138 valence electrons. The van der Waals surface area contributed by atoms with Gasteiger partial charge in [0.15, 0.2) is 11.6 Å². The molecule has 0 N–H and O–H groups in total. The molecule has 0 bridgehead atoms. The number of hydrogen-bond donors (Lipinski definition) is 0. The third-order valence-corrected chi connectivity index (χ3v) is 5.91. The summed E-state index contributed by atoms with van der Waals surface area (Å²) in [6, 6.07) is 5.28. The Balaban J connectivity index is 1.72. The fraction of sp³-hybridized carbons (Fsp3) is 0.455. The van der Waals surface area contributed by atoms with Crippen molar-refractivity contribution in [1.82, 2.24) is 0 Å². The molecule has 2 aromatic rings. The molecule has 0 aromatic heterocycles. The minimum absolute atomic E-state index is 0.0166. The van der Waals surface area contributed by atoms with E-state index in [4.69, 9.17) is 4.74 Å². The summed E-state index contributed by atoms with van der Waals surface area (Å²) in [5.74, 6) is -1.41. The van der Waals surface area contributed by atoms with E-state index in [1.165, 1.54) is 0 Å². The average molecular weight is 360 g/mol. The van der Waals surface area contributed by atoms with Gasteiger partial charge in [0.05, 0.1) is 6.61 Å². The maximum atomic E-state index is 15.2. The molecule has 1 fully saturated rings. The van der Waals surface area contributed by atoms with E-state index in [-0.39, 0.29) is 35.0 Å². The number of benzene rings is 2. The lowest BCUT2D eigenvalue weighted by Gasteiger charge is -2.31. The molecule has 4 rings (SSSR count). The molecule has 0 amide bonds. The van der Waals surface area contributed by atoms with Gasteiger partial charge in [-0.15, -0.1) is 0 Å². The maximum absolute atomic E-state index is 15.2. The van der Waals surface area contributed by atoms with Crippen LogP contribution in [0.1, 0.15) is 56.6 Å².